The number of nitrogens with two attached hydrogens (primary N) is 1. The van der Waals surface area contributed by atoms with E-state index in [1.54, 1.807) is 6.92 Å². The number of nitrogens with zero attached hydrogens (tertiary/aromatic N) is 1. The number of carbonyl (C=O) groups excluding carboxylic acids is 1. The summed E-state index contributed by atoms with van der Waals surface area (Å²) in [6.07, 6.45) is 0.801. The third kappa shape index (κ3) is 2.85. The smallest absolute Gasteiger partial charge is 0.340 e. The Hall–Kier alpha value is -1.82. The van der Waals surface area contributed by atoms with E-state index < -0.39 is 11.8 Å². The lowest BCUT2D eigenvalue weighted by Crippen LogP contribution is -2.22. The molecule has 0 aliphatic carbocycles. The summed E-state index contributed by atoms with van der Waals surface area (Å²) in [6, 6.07) is 2.58. The van der Waals surface area contributed by atoms with Crippen LogP contribution in [0.2, 0.25) is 0 Å². The van der Waals surface area contributed by atoms with E-state index in [-0.39, 0.29) is 30.4 Å². The van der Waals surface area contributed by atoms with Crippen LogP contribution in [0, 0.1) is 11.7 Å². The van der Waals surface area contributed by atoms with E-state index in [1.165, 1.54) is 6.07 Å². The Kier molecular flexibility index (Phi) is 4.44. The SMILES string of the molecule is CCOC(=O)c1cc(N2CCC(CO)C2)c(F)cc1N. The molecule has 3 N–H and O–H groups in total. The Labute approximate surface area is 117 Å². The minimum atomic E-state index is -0.552. The Bertz CT molecular complexity index is 507. The number of ether oxygens (including phenoxy) is 1. The molecule has 1 aliphatic heterocycles. The second kappa shape index (κ2) is 6.09. The predicted octanol–water partition coefficient (Wildman–Crippen LogP) is 1.40. The van der Waals surface area contributed by atoms with Crippen molar-refractivity contribution < 1.29 is 19.0 Å². The standard InChI is InChI=1S/C14H19FN2O3/c1-2-20-14(19)10-5-13(11(15)6-12(10)16)17-4-3-9(7-17)8-18/h5-6,9,18H,2-4,7-8,16H2,1H3. The van der Waals surface area contributed by atoms with Crippen molar-refractivity contribution in [1.29, 1.82) is 0 Å². The quantitative estimate of drug-likeness (QED) is 0.645. The van der Waals surface area contributed by atoms with Crippen LogP contribution in [-0.4, -0.2) is 37.4 Å². The van der Waals surface area contributed by atoms with Gasteiger partial charge in [0.05, 0.1) is 17.9 Å². The highest BCUT2D eigenvalue weighted by Gasteiger charge is 2.25. The van der Waals surface area contributed by atoms with Crippen LogP contribution in [0.1, 0.15) is 23.7 Å². The van der Waals surface area contributed by atoms with Gasteiger partial charge in [-0.2, -0.15) is 0 Å². The fraction of sp³-hybridized carbons (Fsp3) is 0.500. The van der Waals surface area contributed by atoms with Gasteiger partial charge in [-0.15, -0.1) is 0 Å². The maximum Gasteiger partial charge on any atom is 0.340 e. The number of esters is 1. The number of aliphatic hydroxyl groups excluding tert-OH is 1. The molecule has 0 bridgehead atoms. The number of anilines is 2. The average molecular weight is 282 g/mol. The molecule has 2 rings (SSSR count). The summed E-state index contributed by atoms with van der Waals surface area (Å²) in [7, 11) is 0. The fourth-order valence-corrected chi connectivity index (χ4v) is 2.41. The molecule has 20 heavy (non-hydrogen) atoms. The van der Waals surface area contributed by atoms with Gasteiger partial charge in [0.15, 0.2) is 0 Å². The summed E-state index contributed by atoms with van der Waals surface area (Å²) < 4.78 is 18.9. The number of benzene rings is 1. The topological polar surface area (TPSA) is 75.8 Å². The Morgan fingerprint density at radius 1 is 1.60 bits per heavy atom. The van der Waals surface area contributed by atoms with Gasteiger partial charge in [-0.05, 0) is 25.5 Å². The van der Waals surface area contributed by atoms with Crippen LogP contribution in [0.3, 0.4) is 0 Å². The van der Waals surface area contributed by atoms with E-state index in [9.17, 15) is 9.18 Å². The lowest BCUT2D eigenvalue weighted by molar-refractivity contribution is 0.0527. The van der Waals surface area contributed by atoms with Crippen LogP contribution >= 0.6 is 0 Å². The van der Waals surface area contributed by atoms with Crippen molar-refractivity contribution in [2.75, 3.05) is 36.9 Å². The van der Waals surface area contributed by atoms with Gasteiger partial charge in [0.2, 0.25) is 0 Å². The summed E-state index contributed by atoms with van der Waals surface area (Å²) in [4.78, 5) is 13.6. The number of carbonyl (C=O) groups is 1. The van der Waals surface area contributed by atoms with Crippen LogP contribution in [0.5, 0.6) is 0 Å². The van der Waals surface area contributed by atoms with Crippen molar-refractivity contribution in [2.45, 2.75) is 13.3 Å². The van der Waals surface area contributed by atoms with Crippen LogP contribution in [-0.2, 0) is 4.74 Å². The number of nitrogen functional groups attached to an aromatic ring is 1. The number of hydrogen-bond acceptors (Lipinski definition) is 5. The highest BCUT2D eigenvalue weighted by atomic mass is 19.1. The molecule has 0 saturated carbocycles. The van der Waals surface area contributed by atoms with Crippen molar-refractivity contribution in [2.24, 2.45) is 5.92 Å². The van der Waals surface area contributed by atoms with E-state index >= 15 is 0 Å². The zero-order valence-corrected chi connectivity index (χ0v) is 11.4. The van der Waals surface area contributed by atoms with Crippen molar-refractivity contribution >= 4 is 17.3 Å². The van der Waals surface area contributed by atoms with E-state index in [1.807, 2.05) is 4.90 Å². The molecule has 1 saturated heterocycles. The lowest BCUT2D eigenvalue weighted by Gasteiger charge is -2.20. The van der Waals surface area contributed by atoms with Crippen molar-refractivity contribution in [1.82, 2.24) is 0 Å². The van der Waals surface area contributed by atoms with Crippen LogP contribution in [0.25, 0.3) is 0 Å². The van der Waals surface area contributed by atoms with Gasteiger partial charge >= 0.3 is 5.97 Å². The molecule has 1 atom stereocenters. The monoisotopic (exact) mass is 282 g/mol. The van der Waals surface area contributed by atoms with Gasteiger partial charge in [-0.25, -0.2) is 9.18 Å². The molecule has 6 heteroatoms. The molecular weight excluding hydrogens is 263 g/mol. The first-order valence-corrected chi connectivity index (χ1v) is 6.68. The highest BCUT2D eigenvalue weighted by Crippen LogP contribution is 2.30. The molecule has 1 aromatic rings. The third-order valence-corrected chi connectivity index (χ3v) is 3.50. The second-order valence-corrected chi connectivity index (χ2v) is 4.89. The van der Waals surface area contributed by atoms with E-state index in [0.29, 0.717) is 18.8 Å². The maximum atomic E-state index is 14.0. The third-order valence-electron chi connectivity index (χ3n) is 3.50. The second-order valence-electron chi connectivity index (χ2n) is 4.89. The van der Waals surface area contributed by atoms with Gasteiger partial charge in [-0.3, -0.25) is 0 Å². The molecule has 0 spiro atoms. The molecule has 110 valence electrons. The van der Waals surface area contributed by atoms with Gasteiger partial charge in [0.1, 0.15) is 5.82 Å². The first kappa shape index (κ1) is 14.6. The first-order valence-electron chi connectivity index (χ1n) is 6.68. The molecule has 1 heterocycles. The van der Waals surface area contributed by atoms with Gasteiger partial charge < -0.3 is 20.5 Å². The normalized spacial score (nSPS) is 18.4. The summed E-state index contributed by atoms with van der Waals surface area (Å²) >= 11 is 0. The Morgan fingerprint density at radius 2 is 2.35 bits per heavy atom. The van der Waals surface area contributed by atoms with E-state index in [0.717, 1.165) is 12.5 Å². The van der Waals surface area contributed by atoms with Crippen molar-refractivity contribution in [3.63, 3.8) is 0 Å². The van der Waals surface area contributed by atoms with Gasteiger partial charge in [0, 0.05) is 31.3 Å². The number of rotatable bonds is 4. The van der Waals surface area contributed by atoms with E-state index in [4.69, 9.17) is 15.6 Å². The highest BCUT2D eigenvalue weighted by molar-refractivity contribution is 5.96. The largest absolute Gasteiger partial charge is 0.462 e. The molecule has 1 aliphatic rings. The molecule has 5 nitrogen and oxygen atoms in total. The molecular formula is C14H19FN2O3. The van der Waals surface area contributed by atoms with Crippen LogP contribution < -0.4 is 10.6 Å². The van der Waals surface area contributed by atoms with Crippen LogP contribution in [0.4, 0.5) is 15.8 Å². The fourth-order valence-electron chi connectivity index (χ4n) is 2.41. The molecule has 0 amide bonds. The molecule has 1 unspecified atom stereocenters. The van der Waals surface area contributed by atoms with E-state index in [2.05, 4.69) is 0 Å². The summed E-state index contributed by atoms with van der Waals surface area (Å²) in [5.41, 5.74) is 6.25. The minimum Gasteiger partial charge on any atom is -0.462 e. The first-order chi connectivity index (χ1) is 9.56. The maximum absolute atomic E-state index is 14.0. The van der Waals surface area contributed by atoms with Gasteiger partial charge in [0.25, 0.3) is 0 Å². The number of halogens is 1. The lowest BCUT2D eigenvalue weighted by atomic mass is 10.1. The van der Waals surface area contributed by atoms with Crippen LogP contribution in [0.15, 0.2) is 12.1 Å². The van der Waals surface area contributed by atoms with Crippen molar-refractivity contribution in [3.05, 3.63) is 23.5 Å². The molecule has 0 radical (unpaired) electrons. The summed E-state index contributed by atoms with van der Waals surface area (Å²) in [5.74, 6) is -0.878. The minimum absolute atomic E-state index is 0.0719. The summed E-state index contributed by atoms with van der Waals surface area (Å²) in [6.45, 7) is 3.23. The number of aliphatic hydroxyl groups is 1. The predicted molar refractivity (Wildman–Crippen MR) is 74.2 cm³/mol. The molecule has 1 aromatic carbocycles. The molecule has 1 fully saturated rings. The Morgan fingerprint density at radius 3 is 2.95 bits per heavy atom. The molecule has 0 aromatic heterocycles. The zero-order chi connectivity index (χ0) is 14.7. The Balaban J connectivity index is 2.29. The number of hydrogen-bond donors (Lipinski definition) is 2. The average Bonchev–Trinajstić information content (AvgIpc) is 2.87. The van der Waals surface area contributed by atoms with Gasteiger partial charge in [-0.1, -0.05) is 0 Å². The van der Waals surface area contributed by atoms with Crippen molar-refractivity contribution in [3.8, 4) is 0 Å². The zero-order valence-electron chi connectivity index (χ0n) is 11.4. The summed E-state index contributed by atoms with van der Waals surface area (Å²) in [5, 5.41) is 9.14.